The minimum Gasteiger partial charge on any atom is -0.464 e. The molecule has 310 valence electrons. The highest BCUT2D eigenvalue weighted by molar-refractivity contribution is 6.07. The minimum absolute atomic E-state index is 0.302. The molecule has 8 rings (SSSR count). The van der Waals surface area contributed by atoms with Gasteiger partial charge in [-0.3, -0.25) is 4.57 Å². The van der Waals surface area contributed by atoms with Crippen molar-refractivity contribution in [3.63, 3.8) is 0 Å². The van der Waals surface area contributed by atoms with E-state index in [9.17, 15) is 10.5 Å². The number of pyridine rings is 2. The second-order valence-corrected chi connectivity index (χ2v) is 16.1. The summed E-state index contributed by atoms with van der Waals surface area (Å²) in [5.74, 6) is 1.71. The summed E-state index contributed by atoms with van der Waals surface area (Å²) in [7, 11) is 0. The fraction of sp³-hybridized carbons (Fsp3) is 0.302. The molecule has 0 saturated carbocycles. The molecular formula is C53H56N6O2. The van der Waals surface area contributed by atoms with Gasteiger partial charge >= 0.3 is 0 Å². The number of aryl methyl sites for hydroxylation is 10. The molecule has 0 radical (unpaired) electrons. The summed E-state index contributed by atoms with van der Waals surface area (Å²) < 4.78 is 13.9. The molecule has 5 aromatic heterocycles. The van der Waals surface area contributed by atoms with Gasteiger partial charge in [-0.25, -0.2) is 15.0 Å². The zero-order chi connectivity index (χ0) is 44.8. The van der Waals surface area contributed by atoms with Crippen molar-refractivity contribution in [2.45, 2.75) is 111 Å². The number of nitriles is 2. The van der Waals surface area contributed by atoms with E-state index in [-0.39, 0.29) is 0 Å². The zero-order valence-electron chi connectivity index (χ0n) is 38.6. The second-order valence-electron chi connectivity index (χ2n) is 16.1. The monoisotopic (exact) mass is 808 g/mol. The fourth-order valence-corrected chi connectivity index (χ4v) is 8.73. The van der Waals surface area contributed by atoms with Crippen molar-refractivity contribution in [2.75, 3.05) is 0 Å². The van der Waals surface area contributed by atoms with Crippen molar-refractivity contribution in [1.29, 1.82) is 10.5 Å². The van der Waals surface area contributed by atoms with Crippen LogP contribution in [0.4, 0.5) is 0 Å². The molecule has 0 aliphatic heterocycles. The van der Waals surface area contributed by atoms with E-state index in [0.717, 1.165) is 78.3 Å². The summed E-state index contributed by atoms with van der Waals surface area (Å²) in [6, 6.07) is 15.2. The minimum atomic E-state index is 0.302. The van der Waals surface area contributed by atoms with Gasteiger partial charge in [-0.15, -0.1) is 0 Å². The quantitative estimate of drug-likeness (QED) is 0.174. The van der Waals surface area contributed by atoms with Gasteiger partial charge in [0, 0.05) is 11.1 Å². The number of furan rings is 2. The van der Waals surface area contributed by atoms with Crippen LogP contribution < -0.4 is 0 Å². The average Bonchev–Trinajstić information content (AvgIpc) is 3.87. The first-order valence-corrected chi connectivity index (χ1v) is 20.9. The Hall–Kier alpha value is -6.77. The van der Waals surface area contributed by atoms with Crippen molar-refractivity contribution in [1.82, 2.24) is 19.5 Å². The molecule has 8 heteroatoms. The van der Waals surface area contributed by atoms with E-state index in [1.54, 1.807) is 12.3 Å². The number of hydrogen-bond acceptors (Lipinski definition) is 7. The molecule has 0 atom stereocenters. The van der Waals surface area contributed by atoms with Gasteiger partial charge in [-0.05, 0) is 165 Å². The molecule has 0 N–H and O–H groups in total. The van der Waals surface area contributed by atoms with Gasteiger partial charge in [0.25, 0.3) is 0 Å². The molecule has 0 aliphatic rings. The number of hydrogen-bond donors (Lipinski definition) is 0. The van der Waals surface area contributed by atoms with E-state index < -0.39 is 0 Å². The lowest BCUT2D eigenvalue weighted by molar-refractivity contribution is 0.553. The molecule has 0 fully saturated rings. The van der Waals surface area contributed by atoms with Crippen LogP contribution in [0, 0.1) is 113 Å². The van der Waals surface area contributed by atoms with Gasteiger partial charge in [0.2, 0.25) is 0 Å². The van der Waals surface area contributed by atoms with E-state index in [0.29, 0.717) is 50.4 Å². The third kappa shape index (κ3) is 7.42. The summed E-state index contributed by atoms with van der Waals surface area (Å²) in [5, 5.41) is 21.5. The molecular weight excluding hydrogens is 753 g/mol. The van der Waals surface area contributed by atoms with Crippen LogP contribution in [0.3, 0.4) is 0 Å². The van der Waals surface area contributed by atoms with Crippen LogP contribution in [0.2, 0.25) is 0 Å². The maximum Gasteiger partial charge on any atom is 0.175 e. The molecule has 0 spiro atoms. The molecule has 0 bridgehead atoms. The average molecular weight is 809 g/mol. The van der Waals surface area contributed by atoms with Crippen LogP contribution in [0.25, 0.3) is 67.5 Å². The third-order valence-corrected chi connectivity index (χ3v) is 11.9. The van der Waals surface area contributed by atoms with E-state index in [1.165, 1.54) is 22.3 Å². The largest absolute Gasteiger partial charge is 0.464 e. The van der Waals surface area contributed by atoms with Crippen molar-refractivity contribution in [3.8, 4) is 40.3 Å². The van der Waals surface area contributed by atoms with Crippen molar-refractivity contribution < 1.29 is 8.83 Å². The van der Waals surface area contributed by atoms with Crippen LogP contribution in [0.5, 0.6) is 0 Å². The summed E-state index contributed by atoms with van der Waals surface area (Å²) in [6.45, 7) is 33.0. The van der Waals surface area contributed by atoms with E-state index in [2.05, 4.69) is 117 Å². The van der Waals surface area contributed by atoms with Gasteiger partial charge in [-0.2, -0.15) is 10.5 Å². The molecule has 5 heterocycles. The third-order valence-electron chi connectivity index (χ3n) is 11.9. The standard InChI is InChI=1S/C42H38N6O.C9H12O.C2H6/c1-19-12-21(3)33(22(4)13-19)32-16-30(17-43)41-37(46-32)38-42(49-41)31(18-44)40(36(47-38)34-23(5)14-20(2)15-24(34)6)48-29(11)45-35-27(9)25(7)26(8)28(10)39(35)48;1-4-5-9-8(3)7(2)6-10-9;1-2/h12-16H,1-11H3;4-6H,1-3H3;1-2H3/b;5-4-;. The lowest BCUT2D eigenvalue weighted by Gasteiger charge is -2.19. The number of aromatic nitrogens is 4. The Balaban J connectivity index is 0.000000452. The smallest absolute Gasteiger partial charge is 0.175 e. The number of fused-ring (bicyclic) bond motifs is 4. The summed E-state index contributed by atoms with van der Waals surface area (Å²) >= 11 is 0. The summed E-state index contributed by atoms with van der Waals surface area (Å²) in [6.07, 6.45) is 5.73. The number of imidazole rings is 1. The number of allylic oxidation sites excluding steroid dienone is 1. The molecule has 8 nitrogen and oxygen atoms in total. The molecule has 0 aliphatic carbocycles. The first kappa shape index (κ1) is 43.8. The number of nitrogens with zero attached hydrogens (tertiary/aromatic N) is 6. The van der Waals surface area contributed by atoms with Crippen molar-refractivity contribution in [2.24, 2.45) is 0 Å². The zero-order valence-corrected chi connectivity index (χ0v) is 38.6. The fourth-order valence-electron chi connectivity index (χ4n) is 8.73. The van der Waals surface area contributed by atoms with Crippen LogP contribution in [0.15, 0.2) is 51.5 Å². The number of rotatable bonds is 4. The molecule has 0 unspecified atom stereocenters. The van der Waals surface area contributed by atoms with Crippen LogP contribution in [-0.4, -0.2) is 19.5 Å². The Labute approximate surface area is 360 Å². The predicted octanol–water partition coefficient (Wildman–Crippen LogP) is 14.1. The lowest BCUT2D eigenvalue weighted by Crippen LogP contribution is -2.08. The second kappa shape index (κ2) is 17.1. The lowest BCUT2D eigenvalue weighted by atomic mass is 9.94. The van der Waals surface area contributed by atoms with Gasteiger partial charge < -0.3 is 8.83 Å². The molecule has 8 aromatic rings. The Bertz CT molecular complexity index is 3120. The number of benzene rings is 3. The van der Waals surface area contributed by atoms with Gasteiger partial charge in [-0.1, -0.05) is 55.3 Å². The molecule has 0 saturated heterocycles. The van der Waals surface area contributed by atoms with Gasteiger partial charge in [0.05, 0.1) is 39.9 Å². The van der Waals surface area contributed by atoms with Crippen molar-refractivity contribution >= 4 is 39.3 Å². The Morgan fingerprint density at radius 3 is 1.67 bits per heavy atom. The molecule has 0 amide bonds. The maximum absolute atomic E-state index is 11.1. The normalized spacial score (nSPS) is 11.2. The van der Waals surface area contributed by atoms with Crippen LogP contribution in [0.1, 0.15) is 110 Å². The first-order valence-electron chi connectivity index (χ1n) is 20.9. The highest BCUT2D eigenvalue weighted by Gasteiger charge is 2.30. The Morgan fingerprint density at radius 1 is 0.590 bits per heavy atom. The van der Waals surface area contributed by atoms with E-state index in [1.807, 2.05) is 46.8 Å². The van der Waals surface area contributed by atoms with Gasteiger partial charge in [0.1, 0.15) is 40.3 Å². The van der Waals surface area contributed by atoms with Crippen molar-refractivity contribution in [3.05, 3.63) is 132 Å². The van der Waals surface area contributed by atoms with E-state index in [4.69, 9.17) is 23.8 Å². The van der Waals surface area contributed by atoms with E-state index >= 15 is 0 Å². The molecule has 61 heavy (non-hydrogen) atoms. The molecule has 3 aromatic carbocycles. The highest BCUT2D eigenvalue weighted by atomic mass is 16.3. The highest BCUT2D eigenvalue weighted by Crippen LogP contribution is 2.43. The topological polar surface area (TPSA) is 117 Å². The summed E-state index contributed by atoms with van der Waals surface area (Å²) in [4.78, 5) is 15.6. The first-order chi connectivity index (χ1) is 29.0. The van der Waals surface area contributed by atoms with Crippen LogP contribution in [-0.2, 0) is 0 Å². The SMILES string of the molecule is C/C=C\c1occ(C)c1C.CC.Cc1cc(C)c(-c2cc(C#N)c3oc4c(C#N)c(-n5c(C)nc6c(C)c(C)c(C)c(C)c65)c(-c5c(C)cc(C)cc5C)nc4c3n2)c(C)c1. The van der Waals surface area contributed by atoms with Crippen LogP contribution >= 0.6 is 0 Å². The Morgan fingerprint density at radius 2 is 1.15 bits per heavy atom. The maximum atomic E-state index is 11.1. The van der Waals surface area contributed by atoms with Gasteiger partial charge in [0.15, 0.2) is 11.2 Å². The predicted molar refractivity (Wildman–Crippen MR) is 251 cm³/mol. The Kier molecular flexibility index (Phi) is 12.3. The summed E-state index contributed by atoms with van der Waals surface area (Å²) in [5.41, 5.74) is 21.4.